The Bertz CT molecular complexity index is 838. The predicted octanol–water partition coefficient (Wildman–Crippen LogP) is 3.14. The third-order valence-electron chi connectivity index (χ3n) is 4.52. The van der Waals surface area contributed by atoms with E-state index >= 15 is 0 Å². The highest BCUT2D eigenvalue weighted by Gasteiger charge is 2.38. The van der Waals surface area contributed by atoms with Gasteiger partial charge in [0.25, 0.3) is 5.91 Å². The van der Waals surface area contributed by atoms with Crippen LogP contribution in [-0.4, -0.2) is 43.5 Å². The number of halogens is 1. The summed E-state index contributed by atoms with van der Waals surface area (Å²) in [4.78, 5) is 26.2. The summed E-state index contributed by atoms with van der Waals surface area (Å²) in [6.07, 6.45) is 0.730. The Kier molecular flexibility index (Phi) is 5.86. The number of nitrogens with zero attached hydrogens (tertiary/aromatic N) is 1. The van der Waals surface area contributed by atoms with Gasteiger partial charge in [0, 0.05) is 12.2 Å². The molecule has 0 bridgehead atoms. The van der Waals surface area contributed by atoms with E-state index in [1.165, 1.54) is 12.0 Å². The number of carbonyl (C=O) groups is 2. The number of imide groups is 1. The zero-order valence-corrected chi connectivity index (χ0v) is 16.0. The molecule has 6 nitrogen and oxygen atoms in total. The third kappa shape index (κ3) is 4.34. The van der Waals surface area contributed by atoms with Gasteiger partial charge in [0.05, 0.1) is 25.7 Å². The van der Waals surface area contributed by atoms with Crippen LogP contribution >= 0.6 is 11.6 Å². The van der Waals surface area contributed by atoms with Crippen molar-refractivity contribution in [2.45, 2.75) is 18.9 Å². The Morgan fingerprint density at radius 2 is 1.85 bits per heavy atom. The van der Waals surface area contributed by atoms with E-state index in [4.69, 9.17) is 21.1 Å². The van der Waals surface area contributed by atoms with Gasteiger partial charge >= 0.3 is 0 Å². The number of benzene rings is 2. The minimum absolute atomic E-state index is 0.130. The summed E-state index contributed by atoms with van der Waals surface area (Å²) in [7, 11) is 3.15. The second kappa shape index (κ2) is 8.31. The Morgan fingerprint density at radius 3 is 2.48 bits per heavy atom. The number of methoxy groups -OCH3 is 2. The quantitative estimate of drug-likeness (QED) is 0.738. The lowest BCUT2D eigenvalue weighted by molar-refractivity contribution is -0.138. The average Bonchev–Trinajstić information content (AvgIpc) is 2.93. The zero-order chi connectivity index (χ0) is 19.4. The maximum atomic E-state index is 12.6. The number of likely N-dealkylation sites (tertiary alicyclic amines) is 1. The van der Waals surface area contributed by atoms with Gasteiger partial charge in [-0.15, -0.1) is 0 Å². The van der Waals surface area contributed by atoms with E-state index in [1.807, 2.05) is 24.3 Å². The molecule has 2 aromatic carbocycles. The van der Waals surface area contributed by atoms with Gasteiger partial charge in [-0.1, -0.05) is 23.7 Å². The number of carbonyl (C=O) groups excluding carboxylic acids is 2. The monoisotopic (exact) mass is 388 g/mol. The second-order valence-electron chi connectivity index (χ2n) is 6.23. The molecular weight excluding hydrogens is 368 g/mol. The summed E-state index contributed by atoms with van der Waals surface area (Å²) in [6.45, 7) is 0.353. The number of hydrogen-bond acceptors (Lipinski definition) is 5. The molecule has 0 aromatic heterocycles. The van der Waals surface area contributed by atoms with Crippen molar-refractivity contribution < 1.29 is 19.1 Å². The normalized spacial score (nSPS) is 16.6. The molecule has 1 N–H and O–H groups in total. The first-order valence-electron chi connectivity index (χ1n) is 8.59. The molecule has 1 fully saturated rings. The lowest BCUT2D eigenvalue weighted by Crippen LogP contribution is -2.36. The van der Waals surface area contributed by atoms with Crippen molar-refractivity contribution >= 4 is 29.1 Å². The largest absolute Gasteiger partial charge is 0.497 e. The van der Waals surface area contributed by atoms with E-state index < -0.39 is 6.04 Å². The lowest BCUT2D eigenvalue weighted by Gasteiger charge is -2.16. The van der Waals surface area contributed by atoms with Crippen LogP contribution in [0.25, 0.3) is 0 Å². The summed E-state index contributed by atoms with van der Waals surface area (Å²) in [5, 5.41) is 3.53. The molecule has 3 rings (SSSR count). The standard InChI is InChI=1S/C20H21ClN2O4/c1-26-15-6-3-13(4-7-15)9-10-23-19(24)12-17(20(23)25)22-14-5-8-18(27-2)16(21)11-14/h3-8,11,17,22H,9-10,12H2,1-2H3/t17-/m1/s1. The molecule has 0 saturated carbocycles. The number of hydrogen-bond donors (Lipinski definition) is 1. The fraction of sp³-hybridized carbons (Fsp3) is 0.300. The average molecular weight is 389 g/mol. The Morgan fingerprint density at radius 1 is 1.11 bits per heavy atom. The molecule has 2 amide bonds. The molecule has 1 heterocycles. The van der Waals surface area contributed by atoms with Gasteiger partial charge in [-0.05, 0) is 42.3 Å². The molecule has 0 aliphatic carbocycles. The van der Waals surface area contributed by atoms with Crippen LogP contribution in [0.1, 0.15) is 12.0 Å². The number of anilines is 1. The molecule has 1 aliphatic rings. The highest BCUT2D eigenvalue weighted by molar-refractivity contribution is 6.32. The van der Waals surface area contributed by atoms with Crippen molar-refractivity contribution in [3.8, 4) is 11.5 Å². The van der Waals surface area contributed by atoms with Crippen molar-refractivity contribution in [1.82, 2.24) is 4.90 Å². The third-order valence-corrected chi connectivity index (χ3v) is 4.82. The number of ether oxygens (including phenoxy) is 2. The van der Waals surface area contributed by atoms with Gasteiger partial charge in [-0.25, -0.2) is 0 Å². The van der Waals surface area contributed by atoms with Crippen LogP contribution in [-0.2, 0) is 16.0 Å². The summed E-state index contributed by atoms with van der Waals surface area (Å²) >= 11 is 6.11. The molecule has 142 valence electrons. The highest BCUT2D eigenvalue weighted by atomic mass is 35.5. The maximum absolute atomic E-state index is 12.6. The van der Waals surface area contributed by atoms with Gasteiger partial charge in [0.2, 0.25) is 5.91 Å². The first-order chi connectivity index (χ1) is 13.0. The molecule has 2 aromatic rings. The number of rotatable bonds is 7. The molecule has 1 atom stereocenters. The van der Waals surface area contributed by atoms with Crippen LogP contribution in [0.5, 0.6) is 11.5 Å². The van der Waals surface area contributed by atoms with Crippen molar-refractivity contribution in [1.29, 1.82) is 0 Å². The van der Waals surface area contributed by atoms with Crippen LogP contribution in [0.3, 0.4) is 0 Å². The summed E-state index contributed by atoms with van der Waals surface area (Å²) < 4.78 is 10.2. The van der Waals surface area contributed by atoms with Crippen LogP contribution in [0.15, 0.2) is 42.5 Å². The van der Waals surface area contributed by atoms with E-state index in [2.05, 4.69) is 5.32 Å². The minimum atomic E-state index is -0.585. The molecule has 1 saturated heterocycles. The molecule has 0 radical (unpaired) electrons. The molecule has 0 spiro atoms. The highest BCUT2D eigenvalue weighted by Crippen LogP contribution is 2.28. The molecule has 1 aliphatic heterocycles. The van der Waals surface area contributed by atoms with E-state index in [0.717, 1.165) is 11.3 Å². The van der Waals surface area contributed by atoms with Crippen molar-refractivity contribution in [3.63, 3.8) is 0 Å². The fourth-order valence-electron chi connectivity index (χ4n) is 3.02. The molecule has 27 heavy (non-hydrogen) atoms. The van der Waals surface area contributed by atoms with Crippen molar-refractivity contribution in [2.75, 3.05) is 26.1 Å². The van der Waals surface area contributed by atoms with E-state index in [9.17, 15) is 9.59 Å². The van der Waals surface area contributed by atoms with Gasteiger partial charge in [-0.3, -0.25) is 14.5 Å². The number of nitrogens with one attached hydrogen (secondary N) is 1. The Labute approximate surface area is 163 Å². The Hall–Kier alpha value is -2.73. The lowest BCUT2D eigenvalue weighted by atomic mass is 10.1. The first kappa shape index (κ1) is 19.0. The number of amides is 2. The van der Waals surface area contributed by atoms with E-state index in [1.54, 1.807) is 25.3 Å². The van der Waals surface area contributed by atoms with Gasteiger partial charge in [-0.2, -0.15) is 0 Å². The molecule has 0 unspecified atom stereocenters. The summed E-state index contributed by atoms with van der Waals surface area (Å²) in [5.41, 5.74) is 1.71. The van der Waals surface area contributed by atoms with E-state index in [0.29, 0.717) is 29.4 Å². The minimum Gasteiger partial charge on any atom is -0.497 e. The summed E-state index contributed by atoms with van der Waals surface area (Å²) in [5.74, 6) is 0.928. The molecule has 7 heteroatoms. The smallest absolute Gasteiger partial charge is 0.252 e. The Balaban J connectivity index is 1.61. The fourth-order valence-corrected chi connectivity index (χ4v) is 3.28. The summed E-state index contributed by atoms with van der Waals surface area (Å²) in [6, 6.07) is 12.2. The van der Waals surface area contributed by atoms with E-state index in [-0.39, 0.29) is 18.2 Å². The van der Waals surface area contributed by atoms with Gasteiger partial charge < -0.3 is 14.8 Å². The predicted molar refractivity (Wildman–Crippen MR) is 103 cm³/mol. The van der Waals surface area contributed by atoms with Crippen LogP contribution in [0.2, 0.25) is 5.02 Å². The second-order valence-corrected chi connectivity index (χ2v) is 6.64. The van der Waals surface area contributed by atoms with Crippen LogP contribution in [0.4, 0.5) is 5.69 Å². The van der Waals surface area contributed by atoms with Crippen molar-refractivity contribution in [2.24, 2.45) is 0 Å². The first-order valence-corrected chi connectivity index (χ1v) is 8.97. The molecular formula is C20H21ClN2O4. The maximum Gasteiger partial charge on any atom is 0.252 e. The topological polar surface area (TPSA) is 67.9 Å². The van der Waals surface area contributed by atoms with Crippen LogP contribution < -0.4 is 14.8 Å². The van der Waals surface area contributed by atoms with Crippen molar-refractivity contribution in [3.05, 3.63) is 53.1 Å². The SMILES string of the molecule is COc1ccc(CCN2C(=O)C[C@@H](Nc3ccc(OC)c(Cl)c3)C2=O)cc1. The van der Waals surface area contributed by atoms with Gasteiger partial charge in [0.15, 0.2) is 0 Å². The van der Waals surface area contributed by atoms with Crippen LogP contribution in [0, 0.1) is 0 Å². The van der Waals surface area contributed by atoms with Gasteiger partial charge in [0.1, 0.15) is 17.5 Å². The zero-order valence-electron chi connectivity index (χ0n) is 15.2.